The van der Waals surface area contributed by atoms with Crippen molar-refractivity contribution in [1.29, 1.82) is 0 Å². The fraction of sp³-hybridized carbons (Fsp3) is 0.500. The molecule has 2 fully saturated rings. The molecule has 0 spiro atoms. The Morgan fingerprint density at radius 3 is 2.65 bits per heavy atom. The van der Waals surface area contributed by atoms with Crippen molar-refractivity contribution < 1.29 is 23.1 Å². The van der Waals surface area contributed by atoms with E-state index in [9.17, 15) is 23.1 Å². The van der Waals surface area contributed by atoms with E-state index in [1.54, 1.807) is 19.1 Å². The Hall–Kier alpha value is -1.73. The van der Waals surface area contributed by atoms with E-state index in [0.717, 1.165) is 0 Å². The Morgan fingerprint density at radius 2 is 2.04 bits per heavy atom. The summed E-state index contributed by atoms with van der Waals surface area (Å²) in [7, 11) is -3.79. The van der Waals surface area contributed by atoms with E-state index in [4.69, 9.17) is 0 Å². The Kier molecular flexibility index (Phi) is 4.01. The summed E-state index contributed by atoms with van der Waals surface area (Å²) in [5.41, 5.74) is 0.370. The molecule has 2 saturated heterocycles. The minimum atomic E-state index is -3.79. The van der Waals surface area contributed by atoms with Crippen LogP contribution in [0, 0.1) is 5.92 Å². The third kappa shape index (κ3) is 2.57. The van der Waals surface area contributed by atoms with E-state index in [2.05, 4.69) is 0 Å². The lowest BCUT2D eigenvalue weighted by Crippen LogP contribution is -2.37. The number of hydrogen-bond acceptors (Lipinski definition) is 4. The maximum absolute atomic E-state index is 12.9. The maximum atomic E-state index is 12.9. The number of sulfonamides is 1. The zero-order chi connectivity index (χ0) is 16.8. The third-order valence-corrected chi connectivity index (χ3v) is 6.82. The highest BCUT2D eigenvalue weighted by Crippen LogP contribution is 2.45. The molecule has 1 N–H and O–H groups in total. The molecule has 6 nitrogen and oxygen atoms in total. The number of carbonyl (C=O) groups excluding carboxylic acids is 1. The second kappa shape index (κ2) is 5.72. The fourth-order valence-electron chi connectivity index (χ4n) is 3.73. The molecular formula is C16H19NO5S. The van der Waals surface area contributed by atoms with Gasteiger partial charge in [-0.2, -0.15) is 4.31 Å². The van der Waals surface area contributed by atoms with E-state index in [0.29, 0.717) is 31.2 Å². The van der Waals surface area contributed by atoms with Gasteiger partial charge in [-0.05, 0) is 31.4 Å². The Labute approximate surface area is 135 Å². The molecule has 1 aromatic carbocycles. The number of carbonyl (C=O) groups is 2. The second-order valence-electron chi connectivity index (χ2n) is 6.12. The Morgan fingerprint density at radius 1 is 1.30 bits per heavy atom. The average molecular weight is 337 g/mol. The van der Waals surface area contributed by atoms with E-state index >= 15 is 0 Å². The predicted molar refractivity (Wildman–Crippen MR) is 82.6 cm³/mol. The topological polar surface area (TPSA) is 91.8 Å². The molecule has 2 heterocycles. The minimum absolute atomic E-state index is 0.0692. The number of carboxylic acids is 1. The van der Waals surface area contributed by atoms with Crippen molar-refractivity contribution in [1.82, 2.24) is 4.31 Å². The summed E-state index contributed by atoms with van der Waals surface area (Å²) < 4.78 is 27.3. The number of carboxylic acid groups (broad SMARTS) is 1. The van der Waals surface area contributed by atoms with Gasteiger partial charge in [-0.1, -0.05) is 19.1 Å². The van der Waals surface area contributed by atoms with Crippen LogP contribution in [0.25, 0.3) is 0 Å². The molecule has 0 saturated carbocycles. The van der Waals surface area contributed by atoms with Gasteiger partial charge in [0.05, 0.1) is 10.8 Å². The SMILES string of the molecule is CCC(=O)c1cccc(S(=O)(=O)N2C3CCC2C(C(=O)O)C3)c1. The zero-order valence-corrected chi connectivity index (χ0v) is 13.6. The van der Waals surface area contributed by atoms with Crippen LogP contribution in [0.15, 0.2) is 29.2 Å². The van der Waals surface area contributed by atoms with Crippen molar-refractivity contribution in [3.8, 4) is 0 Å². The maximum Gasteiger partial charge on any atom is 0.308 e. The van der Waals surface area contributed by atoms with Gasteiger partial charge in [0.15, 0.2) is 5.78 Å². The first-order chi connectivity index (χ1) is 10.9. The number of nitrogens with zero attached hydrogens (tertiary/aromatic N) is 1. The van der Waals surface area contributed by atoms with Crippen LogP contribution in [0.1, 0.15) is 43.0 Å². The molecular weight excluding hydrogens is 318 g/mol. The summed E-state index contributed by atoms with van der Waals surface area (Å²) in [6.07, 6.45) is 1.95. The van der Waals surface area contributed by atoms with Crippen molar-refractivity contribution in [2.45, 2.75) is 49.6 Å². The van der Waals surface area contributed by atoms with Crippen LogP contribution in [0.3, 0.4) is 0 Å². The van der Waals surface area contributed by atoms with E-state index in [1.807, 2.05) is 0 Å². The van der Waals surface area contributed by atoms with Crippen LogP contribution in [0.4, 0.5) is 0 Å². The summed E-state index contributed by atoms with van der Waals surface area (Å²) in [4.78, 5) is 23.2. The van der Waals surface area contributed by atoms with Gasteiger partial charge < -0.3 is 5.11 Å². The molecule has 3 rings (SSSR count). The van der Waals surface area contributed by atoms with Gasteiger partial charge in [-0.25, -0.2) is 8.42 Å². The van der Waals surface area contributed by atoms with Crippen LogP contribution in [-0.2, 0) is 14.8 Å². The summed E-state index contributed by atoms with van der Waals surface area (Å²) >= 11 is 0. The lowest BCUT2D eigenvalue weighted by molar-refractivity contribution is -0.142. The summed E-state index contributed by atoms with van der Waals surface area (Å²) in [6.45, 7) is 1.72. The fourth-order valence-corrected chi connectivity index (χ4v) is 5.70. The van der Waals surface area contributed by atoms with E-state index in [1.165, 1.54) is 16.4 Å². The standard InChI is InChI=1S/C16H19NO5S/c1-2-15(18)10-4-3-5-12(8-10)23(21,22)17-11-6-7-14(17)13(9-11)16(19)20/h3-5,8,11,13-14H,2,6-7,9H2,1H3,(H,19,20). The Balaban J connectivity index is 1.97. The molecule has 0 radical (unpaired) electrons. The minimum Gasteiger partial charge on any atom is -0.481 e. The first-order valence-electron chi connectivity index (χ1n) is 7.76. The van der Waals surface area contributed by atoms with Gasteiger partial charge in [0.1, 0.15) is 0 Å². The quantitative estimate of drug-likeness (QED) is 0.829. The van der Waals surface area contributed by atoms with Crippen LogP contribution >= 0.6 is 0 Å². The van der Waals surface area contributed by atoms with Gasteiger partial charge >= 0.3 is 5.97 Å². The number of benzene rings is 1. The van der Waals surface area contributed by atoms with Crippen molar-refractivity contribution >= 4 is 21.8 Å². The highest BCUT2D eigenvalue weighted by Gasteiger charge is 2.54. The third-order valence-electron chi connectivity index (χ3n) is 4.84. The van der Waals surface area contributed by atoms with Crippen LogP contribution in [-0.4, -0.2) is 41.7 Å². The lowest BCUT2D eigenvalue weighted by Gasteiger charge is -2.22. The second-order valence-corrected chi connectivity index (χ2v) is 7.96. The van der Waals surface area contributed by atoms with Gasteiger partial charge in [-0.15, -0.1) is 0 Å². The summed E-state index contributed by atoms with van der Waals surface area (Å²) in [6, 6.07) is 5.29. The number of ketones is 1. The van der Waals surface area contributed by atoms with E-state index in [-0.39, 0.29) is 16.7 Å². The molecule has 23 heavy (non-hydrogen) atoms. The largest absolute Gasteiger partial charge is 0.481 e. The molecule has 2 aliphatic heterocycles. The zero-order valence-electron chi connectivity index (χ0n) is 12.8. The Bertz CT molecular complexity index is 757. The van der Waals surface area contributed by atoms with Crippen LogP contribution < -0.4 is 0 Å². The molecule has 0 aromatic heterocycles. The number of rotatable bonds is 5. The smallest absolute Gasteiger partial charge is 0.308 e. The van der Waals surface area contributed by atoms with Crippen molar-refractivity contribution in [3.05, 3.63) is 29.8 Å². The van der Waals surface area contributed by atoms with Gasteiger partial charge in [0, 0.05) is 24.1 Å². The highest BCUT2D eigenvalue weighted by molar-refractivity contribution is 7.89. The van der Waals surface area contributed by atoms with Crippen molar-refractivity contribution in [3.63, 3.8) is 0 Å². The number of aliphatic carboxylic acids is 1. The first kappa shape index (κ1) is 16.1. The van der Waals surface area contributed by atoms with Crippen molar-refractivity contribution in [2.24, 2.45) is 5.92 Å². The van der Waals surface area contributed by atoms with Gasteiger partial charge in [-0.3, -0.25) is 9.59 Å². The summed E-state index contributed by atoms with van der Waals surface area (Å²) in [5, 5.41) is 9.27. The molecule has 124 valence electrons. The van der Waals surface area contributed by atoms with Crippen molar-refractivity contribution in [2.75, 3.05) is 0 Å². The lowest BCUT2D eigenvalue weighted by atomic mass is 9.89. The molecule has 7 heteroatoms. The highest BCUT2D eigenvalue weighted by atomic mass is 32.2. The van der Waals surface area contributed by atoms with Gasteiger partial charge in [0.2, 0.25) is 10.0 Å². The molecule has 3 unspecified atom stereocenters. The van der Waals surface area contributed by atoms with Crippen LogP contribution in [0.5, 0.6) is 0 Å². The molecule has 0 amide bonds. The molecule has 0 aliphatic carbocycles. The van der Waals surface area contributed by atoms with Gasteiger partial charge in [0.25, 0.3) is 0 Å². The molecule has 3 atom stereocenters. The summed E-state index contributed by atoms with van der Waals surface area (Å²) in [5.74, 6) is -1.69. The van der Waals surface area contributed by atoms with Crippen LogP contribution in [0.2, 0.25) is 0 Å². The predicted octanol–water partition coefficient (Wildman–Crippen LogP) is 1.91. The number of Topliss-reactive ketones (excluding diaryl/α,β-unsaturated/α-hetero) is 1. The average Bonchev–Trinajstić information content (AvgIpc) is 3.13. The molecule has 1 aromatic rings. The monoisotopic (exact) mass is 337 g/mol. The number of fused-ring (bicyclic) bond motifs is 2. The molecule has 2 bridgehead atoms. The first-order valence-corrected chi connectivity index (χ1v) is 9.20. The van der Waals surface area contributed by atoms with E-state index < -0.39 is 28.0 Å². The number of hydrogen-bond donors (Lipinski definition) is 1. The molecule has 2 aliphatic rings. The normalized spacial score (nSPS) is 27.3.